The van der Waals surface area contributed by atoms with Gasteiger partial charge in [0.25, 0.3) is 0 Å². The van der Waals surface area contributed by atoms with Crippen molar-refractivity contribution in [3.8, 4) is 0 Å². The Hall–Kier alpha value is -2.92. The van der Waals surface area contributed by atoms with Gasteiger partial charge in [-0.3, -0.25) is 4.79 Å². The van der Waals surface area contributed by atoms with Gasteiger partial charge in [0.1, 0.15) is 5.82 Å². The van der Waals surface area contributed by atoms with Gasteiger partial charge in [-0.15, -0.1) is 0 Å². The molecule has 0 unspecified atom stereocenters. The number of carbonyl (C=O) groups is 1. The van der Waals surface area contributed by atoms with Crippen LogP contribution < -0.4 is 5.32 Å². The highest BCUT2D eigenvalue weighted by Gasteiger charge is 2.11. The fourth-order valence-corrected chi connectivity index (χ4v) is 3.85. The molecule has 4 nitrogen and oxygen atoms in total. The normalized spacial score (nSPS) is 11.0. The molecule has 3 aromatic carbocycles. The average Bonchev–Trinajstić information content (AvgIpc) is 3.11. The molecule has 1 N–H and O–H groups in total. The lowest BCUT2D eigenvalue weighted by atomic mass is 10.1. The molecule has 1 heterocycles. The Morgan fingerprint density at radius 1 is 0.900 bits per heavy atom. The van der Waals surface area contributed by atoms with E-state index in [4.69, 9.17) is 4.98 Å². The minimum absolute atomic E-state index is 0.0598. The van der Waals surface area contributed by atoms with E-state index in [0.717, 1.165) is 46.3 Å². The van der Waals surface area contributed by atoms with Crippen LogP contribution in [0.5, 0.6) is 0 Å². The van der Waals surface area contributed by atoms with Gasteiger partial charge in [0.05, 0.1) is 17.5 Å². The molecule has 4 rings (SSSR count). The standard InChI is InChI=1S/C25H24BrN3O/c26-21-14-12-20(13-15-21)18-29-23-10-5-4-9-22(23)28-24(29)11-6-16-27-25(30)17-19-7-2-1-3-8-19/h1-5,7-10,12-15H,6,11,16-18H2,(H,27,30). The number of rotatable bonds is 8. The van der Waals surface area contributed by atoms with Crippen LogP contribution in [-0.2, 0) is 24.2 Å². The first-order chi connectivity index (χ1) is 14.7. The topological polar surface area (TPSA) is 46.9 Å². The maximum absolute atomic E-state index is 12.2. The molecule has 1 amide bonds. The predicted octanol–water partition coefficient (Wildman–Crippen LogP) is 5.14. The van der Waals surface area contributed by atoms with Gasteiger partial charge in [-0.2, -0.15) is 0 Å². The van der Waals surface area contributed by atoms with Crippen LogP contribution in [0.25, 0.3) is 11.0 Å². The molecule has 0 fully saturated rings. The number of para-hydroxylation sites is 2. The summed E-state index contributed by atoms with van der Waals surface area (Å²) in [5, 5.41) is 3.03. The lowest BCUT2D eigenvalue weighted by Gasteiger charge is -2.10. The number of hydrogen-bond donors (Lipinski definition) is 1. The van der Waals surface area contributed by atoms with E-state index in [1.807, 2.05) is 36.4 Å². The van der Waals surface area contributed by atoms with Crippen LogP contribution in [0.4, 0.5) is 0 Å². The van der Waals surface area contributed by atoms with Gasteiger partial charge in [0, 0.05) is 24.0 Å². The molecule has 5 heteroatoms. The molecule has 0 bridgehead atoms. The Bertz CT molecular complexity index is 1120. The van der Waals surface area contributed by atoms with Crippen LogP contribution in [0.15, 0.2) is 83.3 Å². The Morgan fingerprint density at radius 2 is 1.63 bits per heavy atom. The van der Waals surface area contributed by atoms with E-state index in [1.54, 1.807) is 0 Å². The Morgan fingerprint density at radius 3 is 2.43 bits per heavy atom. The number of fused-ring (bicyclic) bond motifs is 1. The highest BCUT2D eigenvalue weighted by Crippen LogP contribution is 2.20. The van der Waals surface area contributed by atoms with Crippen molar-refractivity contribution >= 4 is 32.9 Å². The number of aromatic nitrogens is 2. The Balaban J connectivity index is 1.39. The molecule has 0 aliphatic carbocycles. The van der Waals surface area contributed by atoms with Crippen LogP contribution >= 0.6 is 15.9 Å². The van der Waals surface area contributed by atoms with Gasteiger partial charge in [-0.1, -0.05) is 70.5 Å². The van der Waals surface area contributed by atoms with E-state index < -0.39 is 0 Å². The van der Waals surface area contributed by atoms with E-state index >= 15 is 0 Å². The van der Waals surface area contributed by atoms with E-state index in [9.17, 15) is 4.79 Å². The van der Waals surface area contributed by atoms with Crippen LogP contribution in [-0.4, -0.2) is 22.0 Å². The maximum Gasteiger partial charge on any atom is 0.224 e. The number of hydrogen-bond acceptors (Lipinski definition) is 2. The van der Waals surface area contributed by atoms with Gasteiger partial charge in [-0.25, -0.2) is 4.98 Å². The summed E-state index contributed by atoms with van der Waals surface area (Å²) < 4.78 is 3.36. The molecule has 0 atom stereocenters. The van der Waals surface area contributed by atoms with Crippen LogP contribution in [0.1, 0.15) is 23.4 Å². The van der Waals surface area contributed by atoms with E-state index in [2.05, 4.69) is 68.3 Å². The average molecular weight is 462 g/mol. The molecule has 0 spiro atoms. The molecule has 152 valence electrons. The quantitative estimate of drug-likeness (QED) is 0.369. The summed E-state index contributed by atoms with van der Waals surface area (Å²) in [7, 11) is 0. The zero-order chi connectivity index (χ0) is 20.8. The lowest BCUT2D eigenvalue weighted by Crippen LogP contribution is -2.26. The maximum atomic E-state index is 12.2. The third-order valence-electron chi connectivity index (χ3n) is 5.09. The molecule has 1 aromatic heterocycles. The fourth-order valence-electron chi connectivity index (χ4n) is 3.58. The number of nitrogens with one attached hydrogen (secondary N) is 1. The fraction of sp³-hybridized carbons (Fsp3) is 0.200. The van der Waals surface area contributed by atoms with Gasteiger partial charge in [0.15, 0.2) is 0 Å². The van der Waals surface area contributed by atoms with Crippen molar-refractivity contribution in [1.82, 2.24) is 14.9 Å². The second-order valence-electron chi connectivity index (χ2n) is 7.35. The number of carbonyl (C=O) groups excluding carboxylic acids is 1. The summed E-state index contributed by atoms with van der Waals surface area (Å²) >= 11 is 3.50. The molecule has 4 aromatic rings. The van der Waals surface area contributed by atoms with Crippen molar-refractivity contribution in [2.45, 2.75) is 25.8 Å². The SMILES string of the molecule is O=C(Cc1ccccc1)NCCCc1nc2ccccc2n1Cc1ccc(Br)cc1. The van der Waals surface area contributed by atoms with Crippen LogP contribution in [0.3, 0.4) is 0 Å². The first kappa shape index (κ1) is 20.4. The van der Waals surface area contributed by atoms with Crippen molar-refractivity contribution in [3.63, 3.8) is 0 Å². The molecule has 0 saturated carbocycles. The van der Waals surface area contributed by atoms with Gasteiger partial charge < -0.3 is 9.88 Å². The second-order valence-corrected chi connectivity index (χ2v) is 8.26. The predicted molar refractivity (Wildman–Crippen MR) is 124 cm³/mol. The summed E-state index contributed by atoms with van der Waals surface area (Å²) in [6.45, 7) is 1.43. The summed E-state index contributed by atoms with van der Waals surface area (Å²) in [5.74, 6) is 1.11. The van der Waals surface area contributed by atoms with E-state index in [1.165, 1.54) is 5.56 Å². The first-order valence-electron chi connectivity index (χ1n) is 10.2. The zero-order valence-corrected chi connectivity index (χ0v) is 18.3. The molecular formula is C25H24BrN3O. The Kier molecular flexibility index (Phi) is 6.60. The minimum atomic E-state index is 0.0598. The number of imidazole rings is 1. The summed E-state index contributed by atoms with van der Waals surface area (Å²) in [4.78, 5) is 17.0. The monoisotopic (exact) mass is 461 g/mol. The van der Waals surface area contributed by atoms with Crippen LogP contribution in [0, 0.1) is 0 Å². The highest BCUT2D eigenvalue weighted by atomic mass is 79.9. The number of aryl methyl sites for hydroxylation is 1. The number of benzene rings is 3. The van der Waals surface area contributed by atoms with Crippen molar-refractivity contribution in [1.29, 1.82) is 0 Å². The third-order valence-corrected chi connectivity index (χ3v) is 5.62. The molecule has 0 aliphatic rings. The van der Waals surface area contributed by atoms with Crippen molar-refractivity contribution in [2.75, 3.05) is 6.54 Å². The summed E-state index contributed by atoms with van der Waals surface area (Å²) in [5.41, 5.74) is 4.42. The van der Waals surface area contributed by atoms with E-state index in [-0.39, 0.29) is 5.91 Å². The second kappa shape index (κ2) is 9.72. The first-order valence-corrected chi connectivity index (χ1v) is 11.0. The number of amides is 1. The summed E-state index contributed by atoms with van der Waals surface area (Å²) in [6.07, 6.45) is 2.09. The molecular weight excluding hydrogens is 438 g/mol. The zero-order valence-electron chi connectivity index (χ0n) is 16.7. The third kappa shape index (κ3) is 5.16. The smallest absolute Gasteiger partial charge is 0.224 e. The molecule has 0 aliphatic heterocycles. The lowest BCUT2D eigenvalue weighted by molar-refractivity contribution is -0.120. The van der Waals surface area contributed by atoms with Crippen molar-refractivity contribution in [2.24, 2.45) is 0 Å². The molecule has 0 saturated heterocycles. The van der Waals surface area contributed by atoms with Crippen LogP contribution in [0.2, 0.25) is 0 Å². The summed E-state index contributed by atoms with van der Waals surface area (Å²) in [6, 6.07) is 26.5. The Labute approximate surface area is 185 Å². The van der Waals surface area contributed by atoms with Crippen molar-refractivity contribution < 1.29 is 4.79 Å². The van der Waals surface area contributed by atoms with E-state index in [0.29, 0.717) is 13.0 Å². The highest BCUT2D eigenvalue weighted by molar-refractivity contribution is 9.10. The van der Waals surface area contributed by atoms with Gasteiger partial charge in [0.2, 0.25) is 5.91 Å². The molecule has 30 heavy (non-hydrogen) atoms. The van der Waals surface area contributed by atoms with Gasteiger partial charge >= 0.3 is 0 Å². The van der Waals surface area contributed by atoms with Crippen molar-refractivity contribution in [3.05, 3.63) is 100 Å². The number of halogens is 1. The minimum Gasteiger partial charge on any atom is -0.356 e. The molecule has 0 radical (unpaired) electrons. The number of nitrogens with zero attached hydrogens (tertiary/aromatic N) is 2. The largest absolute Gasteiger partial charge is 0.356 e. The van der Waals surface area contributed by atoms with Gasteiger partial charge in [-0.05, 0) is 41.8 Å².